The molecular formula is C12H8F2OS. The van der Waals surface area contributed by atoms with Gasteiger partial charge in [0.05, 0.1) is 10.4 Å². The molecule has 0 radical (unpaired) electrons. The maximum Gasteiger partial charge on any atom is 0.206 e. The SMILES string of the molecule is Cc1ccsc1C(=O)c1ccc(F)cc1F. The molecule has 1 heterocycles. The van der Waals surface area contributed by atoms with Gasteiger partial charge in [-0.25, -0.2) is 8.78 Å². The van der Waals surface area contributed by atoms with E-state index in [1.165, 1.54) is 17.4 Å². The lowest BCUT2D eigenvalue weighted by atomic mass is 10.1. The highest BCUT2D eigenvalue weighted by Gasteiger charge is 2.17. The third-order valence-electron chi connectivity index (χ3n) is 2.24. The summed E-state index contributed by atoms with van der Waals surface area (Å²) in [6, 6.07) is 4.76. The largest absolute Gasteiger partial charge is 0.288 e. The van der Waals surface area contributed by atoms with E-state index in [1.807, 2.05) is 0 Å². The predicted molar refractivity (Wildman–Crippen MR) is 58.8 cm³/mol. The summed E-state index contributed by atoms with van der Waals surface area (Å²) in [6.07, 6.45) is 0. The van der Waals surface area contributed by atoms with Crippen molar-refractivity contribution in [1.82, 2.24) is 0 Å². The molecule has 0 aliphatic carbocycles. The first kappa shape index (κ1) is 11.0. The topological polar surface area (TPSA) is 17.1 Å². The summed E-state index contributed by atoms with van der Waals surface area (Å²) in [5.41, 5.74) is 0.714. The van der Waals surface area contributed by atoms with E-state index in [-0.39, 0.29) is 5.56 Å². The van der Waals surface area contributed by atoms with Crippen LogP contribution in [0.15, 0.2) is 29.6 Å². The Labute approximate surface area is 95.4 Å². The second kappa shape index (κ2) is 4.14. The number of carbonyl (C=O) groups excluding carboxylic acids is 1. The molecule has 2 aromatic rings. The van der Waals surface area contributed by atoms with Gasteiger partial charge in [-0.2, -0.15) is 0 Å². The fourth-order valence-corrected chi connectivity index (χ4v) is 2.28. The highest BCUT2D eigenvalue weighted by atomic mass is 32.1. The van der Waals surface area contributed by atoms with Crippen molar-refractivity contribution >= 4 is 17.1 Å². The molecule has 0 fully saturated rings. The molecule has 0 bridgehead atoms. The molecule has 0 atom stereocenters. The number of rotatable bonds is 2. The Bertz CT molecular complexity index is 546. The van der Waals surface area contributed by atoms with Gasteiger partial charge in [-0.3, -0.25) is 4.79 Å². The molecule has 2 rings (SSSR count). The maximum absolute atomic E-state index is 13.4. The molecular weight excluding hydrogens is 230 g/mol. The van der Waals surface area contributed by atoms with Gasteiger partial charge in [-0.1, -0.05) is 0 Å². The van der Waals surface area contributed by atoms with Crippen molar-refractivity contribution in [2.75, 3.05) is 0 Å². The molecule has 0 saturated carbocycles. The molecule has 0 aliphatic heterocycles. The van der Waals surface area contributed by atoms with E-state index < -0.39 is 17.4 Å². The van der Waals surface area contributed by atoms with Crippen LogP contribution < -0.4 is 0 Å². The van der Waals surface area contributed by atoms with Gasteiger partial charge in [-0.15, -0.1) is 11.3 Å². The van der Waals surface area contributed by atoms with E-state index in [0.717, 1.165) is 17.7 Å². The van der Waals surface area contributed by atoms with Gasteiger partial charge in [0.25, 0.3) is 0 Å². The Kier molecular flexibility index (Phi) is 2.83. The summed E-state index contributed by atoms with van der Waals surface area (Å²) in [6.45, 7) is 1.78. The zero-order valence-electron chi connectivity index (χ0n) is 8.46. The first-order valence-corrected chi connectivity index (χ1v) is 5.51. The first-order valence-electron chi connectivity index (χ1n) is 4.63. The fourth-order valence-electron chi connectivity index (χ4n) is 1.40. The Morgan fingerprint density at radius 2 is 2.00 bits per heavy atom. The zero-order chi connectivity index (χ0) is 11.7. The summed E-state index contributed by atoms with van der Waals surface area (Å²) in [5, 5.41) is 1.77. The van der Waals surface area contributed by atoms with Gasteiger partial charge >= 0.3 is 0 Å². The molecule has 1 nitrogen and oxygen atoms in total. The lowest BCUT2D eigenvalue weighted by Crippen LogP contribution is -2.03. The summed E-state index contributed by atoms with van der Waals surface area (Å²) >= 11 is 1.26. The van der Waals surface area contributed by atoms with Crippen molar-refractivity contribution in [2.45, 2.75) is 6.92 Å². The van der Waals surface area contributed by atoms with E-state index in [2.05, 4.69) is 0 Å². The van der Waals surface area contributed by atoms with Crippen molar-refractivity contribution in [2.24, 2.45) is 0 Å². The number of hydrogen-bond donors (Lipinski definition) is 0. The Hall–Kier alpha value is -1.55. The predicted octanol–water partition coefficient (Wildman–Crippen LogP) is 3.57. The molecule has 16 heavy (non-hydrogen) atoms. The standard InChI is InChI=1S/C12H8F2OS/c1-7-4-5-16-12(7)11(15)9-3-2-8(13)6-10(9)14/h2-6H,1H3. The monoisotopic (exact) mass is 238 g/mol. The number of ketones is 1. The van der Waals surface area contributed by atoms with Gasteiger partial charge < -0.3 is 0 Å². The molecule has 1 aromatic heterocycles. The van der Waals surface area contributed by atoms with E-state index in [1.54, 1.807) is 18.4 Å². The maximum atomic E-state index is 13.4. The smallest absolute Gasteiger partial charge is 0.206 e. The minimum Gasteiger partial charge on any atom is -0.288 e. The lowest BCUT2D eigenvalue weighted by Gasteiger charge is -2.01. The second-order valence-corrected chi connectivity index (χ2v) is 4.30. The highest BCUT2D eigenvalue weighted by molar-refractivity contribution is 7.12. The molecule has 1 aromatic carbocycles. The molecule has 0 N–H and O–H groups in total. The number of benzene rings is 1. The third kappa shape index (κ3) is 1.88. The summed E-state index contributed by atoms with van der Waals surface area (Å²) in [5.74, 6) is -1.90. The van der Waals surface area contributed by atoms with Crippen LogP contribution in [0.1, 0.15) is 20.8 Å². The molecule has 0 aliphatic rings. The first-order chi connectivity index (χ1) is 7.59. The van der Waals surface area contributed by atoms with Crippen LogP contribution in [0.5, 0.6) is 0 Å². The van der Waals surface area contributed by atoms with Crippen molar-refractivity contribution in [3.63, 3.8) is 0 Å². The van der Waals surface area contributed by atoms with Crippen LogP contribution in [0.2, 0.25) is 0 Å². The van der Waals surface area contributed by atoms with Crippen molar-refractivity contribution in [3.05, 3.63) is 57.3 Å². The summed E-state index contributed by atoms with van der Waals surface area (Å²) < 4.78 is 26.1. The lowest BCUT2D eigenvalue weighted by molar-refractivity contribution is 0.103. The summed E-state index contributed by atoms with van der Waals surface area (Å²) in [7, 11) is 0. The van der Waals surface area contributed by atoms with Crippen LogP contribution in [-0.2, 0) is 0 Å². The molecule has 0 saturated heterocycles. The average Bonchev–Trinajstić information content (AvgIpc) is 2.63. The molecule has 0 unspecified atom stereocenters. The van der Waals surface area contributed by atoms with Crippen molar-refractivity contribution < 1.29 is 13.6 Å². The number of carbonyl (C=O) groups is 1. The van der Waals surface area contributed by atoms with Gasteiger partial charge in [0.15, 0.2) is 0 Å². The quantitative estimate of drug-likeness (QED) is 0.731. The molecule has 0 amide bonds. The number of aryl methyl sites for hydroxylation is 1. The van der Waals surface area contributed by atoms with E-state index in [9.17, 15) is 13.6 Å². The number of halogens is 2. The van der Waals surface area contributed by atoms with Gasteiger partial charge in [-0.05, 0) is 36.1 Å². The highest BCUT2D eigenvalue weighted by Crippen LogP contribution is 2.21. The minimum absolute atomic E-state index is 0.0908. The van der Waals surface area contributed by atoms with Crippen LogP contribution in [-0.4, -0.2) is 5.78 Å². The van der Waals surface area contributed by atoms with Gasteiger partial charge in [0.2, 0.25) is 5.78 Å². The minimum atomic E-state index is -0.821. The van der Waals surface area contributed by atoms with Gasteiger partial charge in [0, 0.05) is 6.07 Å². The molecule has 82 valence electrons. The van der Waals surface area contributed by atoms with Crippen LogP contribution >= 0.6 is 11.3 Å². The van der Waals surface area contributed by atoms with Crippen LogP contribution in [0, 0.1) is 18.6 Å². The summed E-state index contributed by atoms with van der Waals surface area (Å²) in [4.78, 5) is 12.4. The van der Waals surface area contributed by atoms with Crippen molar-refractivity contribution in [3.8, 4) is 0 Å². The van der Waals surface area contributed by atoms with Crippen molar-refractivity contribution in [1.29, 1.82) is 0 Å². The van der Waals surface area contributed by atoms with E-state index in [4.69, 9.17) is 0 Å². The Balaban J connectivity index is 2.46. The van der Waals surface area contributed by atoms with E-state index in [0.29, 0.717) is 4.88 Å². The Morgan fingerprint density at radius 3 is 2.56 bits per heavy atom. The zero-order valence-corrected chi connectivity index (χ0v) is 9.28. The number of thiophene rings is 1. The van der Waals surface area contributed by atoms with E-state index >= 15 is 0 Å². The van der Waals surface area contributed by atoms with Crippen LogP contribution in [0.4, 0.5) is 8.78 Å². The Morgan fingerprint density at radius 1 is 1.25 bits per heavy atom. The number of hydrogen-bond acceptors (Lipinski definition) is 2. The molecule has 0 spiro atoms. The second-order valence-electron chi connectivity index (χ2n) is 3.39. The normalized spacial score (nSPS) is 10.4. The third-order valence-corrected chi connectivity index (χ3v) is 3.26. The van der Waals surface area contributed by atoms with Gasteiger partial charge in [0.1, 0.15) is 11.6 Å². The fraction of sp³-hybridized carbons (Fsp3) is 0.0833. The van der Waals surface area contributed by atoms with Crippen LogP contribution in [0.25, 0.3) is 0 Å². The molecule has 4 heteroatoms. The van der Waals surface area contributed by atoms with Crippen LogP contribution in [0.3, 0.4) is 0 Å². The average molecular weight is 238 g/mol.